The van der Waals surface area contributed by atoms with Gasteiger partial charge in [0.2, 0.25) is 0 Å². The number of hydrogen-bond acceptors (Lipinski definition) is 2. The Bertz CT molecular complexity index is 259. The molecule has 0 spiro atoms. The van der Waals surface area contributed by atoms with Crippen LogP contribution in [0, 0.1) is 0 Å². The van der Waals surface area contributed by atoms with E-state index in [4.69, 9.17) is 0 Å². The van der Waals surface area contributed by atoms with Gasteiger partial charge < -0.3 is 10.3 Å². The number of aromatic nitrogens is 2. The van der Waals surface area contributed by atoms with Crippen LogP contribution in [0.2, 0.25) is 0 Å². The van der Waals surface area contributed by atoms with Gasteiger partial charge in [-0.3, -0.25) is 0 Å². The molecule has 104 valence electrons. The quantitative estimate of drug-likeness (QED) is 0.583. The Kier molecular flexibility index (Phi) is 8.57. The highest BCUT2D eigenvalue weighted by Gasteiger charge is 2.08. The van der Waals surface area contributed by atoms with Crippen molar-refractivity contribution in [3.63, 3.8) is 0 Å². The molecule has 0 aromatic carbocycles. The first-order chi connectivity index (χ1) is 8.86. The van der Waals surface area contributed by atoms with Gasteiger partial charge in [-0.25, -0.2) is 4.98 Å². The third-order valence-electron chi connectivity index (χ3n) is 3.43. The standard InChI is InChI=1S/C15H29N3/c1-3-5-7-9-14(10-8-6-4-2)18-13-15-16-11-12-17-15/h11-12,14,18H,3-10,13H2,1-2H3,(H,16,17). The average molecular weight is 251 g/mol. The molecule has 0 radical (unpaired) electrons. The van der Waals surface area contributed by atoms with E-state index < -0.39 is 0 Å². The summed E-state index contributed by atoms with van der Waals surface area (Å²) in [4.78, 5) is 7.42. The Labute approximate surface area is 112 Å². The number of rotatable bonds is 11. The number of imidazole rings is 1. The predicted octanol–water partition coefficient (Wildman–Crippen LogP) is 4.03. The van der Waals surface area contributed by atoms with Crippen LogP contribution in [0.5, 0.6) is 0 Å². The molecule has 0 fully saturated rings. The Hall–Kier alpha value is -0.830. The van der Waals surface area contributed by atoms with E-state index in [0.29, 0.717) is 6.04 Å². The molecule has 0 aliphatic carbocycles. The molecule has 0 unspecified atom stereocenters. The minimum Gasteiger partial charge on any atom is -0.348 e. The van der Waals surface area contributed by atoms with Gasteiger partial charge in [-0.05, 0) is 12.8 Å². The summed E-state index contributed by atoms with van der Waals surface area (Å²) >= 11 is 0. The largest absolute Gasteiger partial charge is 0.348 e. The van der Waals surface area contributed by atoms with Crippen LogP contribution >= 0.6 is 0 Å². The van der Waals surface area contributed by atoms with Gasteiger partial charge in [-0.1, -0.05) is 52.4 Å². The fourth-order valence-corrected chi connectivity index (χ4v) is 2.27. The maximum atomic E-state index is 4.26. The number of unbranched alkanes of at least 4 members (excludes halogenated alkanes) is 4. The van der Waals surface area contributed by atoms with E-state index in [0.717, 1.165) is 12.4 Å². The molecule has 0 atom stereocenters. The van der Waals surface area contributed by atoms with Crippen molar-refractivity contribution in [1.29, 1.82) is 0 Å². The minimum atomic E-state index is 0.660. The highest BCUT2D eigenvalue weighted by molar-refractivity contribution is 4.86. The van der Waals surface area contributed by atoms with Crippen LogP contribution in [-0.4, -0.2) is 16.0 Å². The van der Waals surface area contributed by atoms with E-state index >= 15 is 0 Å². The summed E-state index contributed by atoms with van der Waals surface area (Å²) in [5, 5.41) is 3.65. The van der Waals surface area contributed by atoms with Gasteiger partial charge in [0.25, 0.3) is 0 Å². The van der Waals surface area contributed by atoms with Crippen LogP contribution in [0.4, 0.5) is 0 Å². The van der Waals surface area contributed by atoms with Gasteiger partial charge in [0.1, 0.15) is 5.82 Å². The zero-order chi connectivity index (χ0) is 13.1. The van der Waals surface area contributed by atoms with Crippen LogP contribution in [0.1, 0.15) is 71.0 Å². The summed E-state index contributed by atoms with van der Waals surface area (Å²) in [5.74, 6) is 1.05. The molecule has 0 aliphatic rings. The van der Waals surface area contributed by atoms with Crippen LogP contribution in [0.3, 0.4) is 0 Å². The van der Waals surface area contributed by atoms with Crippen molar-refractivity contribution in [1.82, 2.24) is 15.3 Å². The van der Waals surface area contributed by atoms with Gasteiger partial charge in [-0.15, -0.1) is 0 Å². The molecule has 1 aromatic rings. The molecule has 3 heteroatoms. The van der Waals surface area contributed by atoms with Crippen molar-refractivity contribution in [2.24, 2.45) is 0 Å². The molecular formula is C15H29N3. The van der Waals surface area contributed by atoms with E-state index in [1.54, 1.807) is 0 Å². The monoisotopic (exact) mass is 251 g/mol. The second-order valence-corrected chi connectivity index (χ2v) is 5.11. The minimum absolute atomic E-state index is 0.660. The topological polar surface area (TPSA) is 40.7 Å². The summed E-state index contributed by atoms with van der Waals surface area (Å²) in [7, 11) is 0. The first-order valence-electron chi connectivity index (χ1n) is 7.58. The van der Waals surface area contributed by atoms with Crippen molar-refractivity contribution in [3.8, 4) is 0 Å². The van der Waals surface area contributed by atoms with Crippen molar-refractivity contribution >= 4 is 0 Å². The number of H-pyrrole nitrogens is 1. The first kappa shape index (κ1) is 15.2. The molecule has 3 nitrogen and oxygen atoms in total. The maximum Gasteiger partial charge on any atom is 0.120 e. The predicted molar refractivity (Wildman–Crippen MR) is 77.5 cm³/mol. The van der Waals surface area contributed by atoms with Crippen molar-refractivity contribution in [2.75, 3.05) is 0 Å². The van der Waals surface area contributed by atoms with Gasteiger partial charge in [0.15, 0.2) is 0 Å². The van der Waals surface area contributed by atoms with Crippen LogP contribution in [0.15, 0.2) is 12.4 Å². The molecule has 2 N–H and O–H groups in total. The van der Waals surface area contributed by atoms with Gasteiger partial charge >= 0.3 is 0 Å². The number of aromatic amines is 1. The fourth-order valence-electron chi connectivity index (χ4n) is 2.27. The Morgan fingerprint density at radius 3 is 2.28 bits per heavy atom. The molecular weight excluding hydrogens is 222 g/mol. The summed E-state index contributed by atoms with van der Waals surface area (Å²) in [6.07, 6.45) is 14.3. The van der Waals surface area contributed by atoms with Gasteiger partial charge in [0.05, 0.1) is 6.54 Å². The zero-order valence-electron chi connectivity index (χ0n) is 12.0. The van der Waals surface area contributed by atoms with E-state index in [2.05, 4.69) is 29.1 Å². The molecule has 0 saturated heterocycles. The molecule has 0 amide bonds. The molecule has 1 heterocycles. The highest BCUT2D eigenvalue weighted by Crippen LogP contribution is 2.11. The van der Waals surface area contributed by atoms with Crippen molar-refractivity contribution in [2.45, 2.75) is 77.8 Å². The van der Waals surface area contributed by atoms with Crippen LogP contribution in [-0.2, 0) is 6.54 Å². The van der Waals surface area contributed by atoms with Crippen molar-refractivity contribution < 1.29 is 0 Å². The lowest BCUT2D eigenvalue weighted by Gasteiger charge is -2.18. The van der Waals surface area contributed by atoms with Crippen molar-refractivity contribution in [3.05, 3.63) is 18.2 Å². The summed E-state index contributed by atoms with van der Waals surface area (Å²) in [5.41, 5.74) is 0. The molecule has 0 bridgehead atoms. The zero-order valence-corrected chi connectivity index (χ0v) is 12.0. The smallest absolute Gasteiger partial charge is 0.120 e. The summed E-state index contributed by atoms with van der Waals surface area (Å²) in [6.45, 7) is 5.40. The molecule has 0 aliphatic heterocycles. The third-order valence-corrected chi connectivity index (χ3v) is 3.43. The third kappa shape index (κ3) is 6.80. The Morgan fingerprint density at radius 2 is 1.78 bits per heavy atom. The second kappa shape index (κ2) is 10.1. The normalized spacial score (nSPS) is 11.3. The van der Waals surface area contributed by atoms with Crippen LogP contribution in [0.25, 0.3) is 0 Å². The molecule has 0 saturated carbocycles. The molecule has 1 rings (SSSR count). The lowest BCUT2D eigenvalue weighted by molar-refractivity contribution is 0.414. The fraction of sp³-hybridized carbons (Fsp3) is 0.800. The van der Waals surface area contributed by atoms with E-state index in [1.807, 2.05) is 12.4 Å². The van der Waals surface area contributed by atoms with E-state index in [9.17, 15) is 0 Å². The average Bonchev–Trinajstić information content (AvgIpc) is 2.89. The SMILES string of the molecule is CCCCCC(CCCCC)NCc1ncc[nH]1. The Balaban J connectivity index is 2.23. The molecule has 1 aromatic heterocycles. The maximum absolute atomic E-state index is 4.26. The second-order valence-electron chi connectivity index (χ2n) is 5.11. The van der Waals surface area contributed by atoms with E-state index in [-0.39, 0.29) is 0 Å². The number of nitrogens with zero attached hydrogens (tertiary/aromatic N) is 1. The lowest BCUT2D eigenvalue weighted by atomic mass is 10.0. The first-order valence-corrected chi connectivity index (χ1v) is 7.58. The molecule has 18 heavy (non-hydrogen) atoms. The number of nitrogens with one attached hydrogen (secondary N) is 2. The van der Waals surface area contributed by atoms with Gasteiger partial charge in [-0.2, -0.15) is 0 Å². The lowest BCUT2D eigenvalue weighted by Crippen LogP contribution is -2.29. The highest BCUT2D eigenvalue weighted by atomic mass is 15.0. The number of hydrogen-bond donors (Lipinski definition) is 2. The summed E-state index contributed by atoms with van der Waals surface area (Å²) < 4.78 is 0. The summed E-state index contributed by atoms with van der Waals surface area (Å²) in [6, 6.07) is 0.660. The van der Waals surface area contributed by atoms with E-state index in [1.165, 1.54) is 51.4 Å². The van der Waals surface area contributed by atoms with Crippen LogP contribution < -0.4 is 5.32 Å². The van der Waals surface area contributed by atoms with Gasteiger partial charge in [0, 0.05) is 18.4 Å². The Morgan fingerprint density at radius 1 is 1.11 bits per heavy atom.